The predicted molar refractivity (Wildman–Crippen MR) is 70.7 cm³/mol. The van der Waals surface area contributed by atoms with Gasteiger partial charge in [0.1, 0.15) is 5.75 Å². The zero-order chi connectivity index (χ0) is 12.1. The van der Waals surface area contributed by atoms with Gasteiger partial charge in [-0.05, 0) is 32.1 Å². The lowest BCUT2D eigenvalue weighted by molar-refractivity contribution is 0.263. The maximum Gasteiger partial charge on any atom is 0.122 e. The molecule has 3 heteroatoms. The van der Waals surface area contributed by atoms with Crippen LogP contribution in [0.2, 0.25) is 0 Å². The van der Waals surface area contributed by atoms with Crippen molar-refractivity contribution in [1.29, 1.82) is 0 Å². The molecule has 0 saturated carbocycles. The standard InChI is InChI=1S/C14H22N2O/c1-16(2)9-8-15-11-12-7-10-17-14-6-4-3-5-13(12)14/h3-6,12,15H,7-11H2,1-2H3. The third kappa shape index (κ3) is 3.45. The van der Waals surface area contributed by atoms with Crippen molar-refractivity contribution in [3.05, 3.63) is 29.8 Å². The highest BCUT2D eigenvalue weighted by atomic mass is 16.5. The fourth-order valence-corrected chi connectivity index (χ4v) is 2.21. The van der Waals surface area contributed by atoms with Crippen molar-refractivity contribution < 1.29 is 4.74 Å². The normalized spacial score (nSPS) is 18.9. The van der Waals surface area contributed by atoms with E-state index in [0.717, 1.165) is 38.4 Å². The highest BCUT2D eigenvalue weighted by Crippen LogP contribution is 2.32. The molecule has 1 aromatic rings. The Morgan fingerprint density at radius 2 is 2.18 bits per heavy atom. The third-order valence-corrected chi connectivity index (χ3v) is 3.21. The summed E-state index contributed by atoms with van der Waals surface area (Å²) in [5.74, 6) is 1.67. The third-order valence-electron chi connectivity index (χ3n) is 3.21. The minimum Gasteiger partial charge on any atom is -0.493 e. The molecule has 1 atom stereocenters. The van der Waals surface area contributed by atoms with E-state index in [9.17, 15) is 0 Å². The summed E-state index contributed by atoms with van der Waals surface area (Å²) in [5, 5.41) is 3.53. The number of nitrogens with zero attached hydrogens (tertiary/aromatic N) is 1. The summed E-state index contributed by atoms with van der Waals surface area (Å²) in [6.07, 6.45) is 1.12. The number of likely N-dealkylation sites (N-methyl/N-ethyl adjacent to an activating group) is 1. The van der Waals surface area contributed by atoms with Gasteiger partial charge in [0.2, 0.25) is 0 Å². The quantitative estimate of drug-likeness (QED) is 0.785. The van der Waals surface area contributed by atoms with E-state index < -0.39 is 0 Å². The Kier molecular flexibility index (Phi) is 4.40. The van der Waals surface area contributed by atoms with Crippen molar-refractivity contribution in [2.75, 3.05) is 40.3 Å². The van der Waals surface area contributed by atoms with Crippen LogP contribution < -0.4 is 10.1 Å². The van der Waals surface area contributed by atoms with Gasteiger partial charge in [-0.15, -0.1) is 0 Å². The molecule has 1 unspecified atom stereocenters. The highest BCUT2D eigenvalue weighted by Gasteiger charge is 2.20. The van der Waals surface area contributed by atoms with E-state index in [0.29, 0.717) is 5.92 Å². The van der Waals surface area contributed by atoms with Crippen molar-refractivity contribution in [3.63, 3.8) is 0 Å². The first-order valence-corrected chi connectivity index (χ1v) is 6.34. The molecule has 0 aromatic heterocycles. The van der Waals surface area contributed by atoms with Crippen LogP contribution in [0.25, 0.3) is 0 Å². The molecule has 1 aromatic carbocycles. The van der Waals surface area contributed by atoms with Gasteiger partial charge >= 0.3 is 0 Å². The molecule has 0 spiro atoms. The van der Waals surface area contributed by atoms with E-state index in [1.165, 1.54) is 5.56 Å². The summed E-state index contributed by atoms with van der Waals surface area (Å²) in [7, 11) is 4.21. The molecule has 0 fully saturated rings. The molecule has 2 rings (SSSR count). The molecule has 17 heavy (non-hydrogen) atoms. The minimum atomic E-state index is 0.599. The average molecular weight is 234 g/mol. The van der Waals surface area contributed by atoms with Gasteiger partial charge in [-0.2, -0.15) is 0 Å². The SMILES string of the molecule is CN(C)CCNCC1CCOc2ccccc21. The monoisotopic (exact) mass is 234 g/mol. The second kappa shape index (κ2) is 6.03. The van der Waals surface area contributed by atoms with E-state index in [-0.39, 0.29) is 0 Å². The minimum absolute atomic E-state index is 0.599. The number of ether oxygens (including phenoxy) is 1. The zero-order valence-electron chi connectivity index (χ0n) is 10.8. The van der Waals surface area contributed by atoms with Crippen LogP contribution in [0, 0.1) is 0 Å². The fraction of sp³-hybridized carbons (Fsp3) is 0.571. The van der Waals surface area contributed by atoms with Crippen LogP contribution in [-0.2, 0) is 0 Å². The molecule has 1 aliphatic rings. The van der Waals surface area contributed by atoms with Gasteiger partial charge in [0.05, 0.1) is 6.61 Å². The summed E-state index contributed by atoms with van der Waals surface area (Å²) in [6, 6.07) is 8.40. The van der Waals surface area contributed by atoms with E-state index in [1.54, 1.807) is 0 Å². The number of nitrogens with one attached hydrogen (secondary N) is 1. The smallest absolute Gasteiger partial charge is 0.122 e. The van der Waals surface area contributed by atoms with E-state index in [2.05, 4.69) is 42.5 Å². The first-order valence-electron chi connectivity index (χ1n) is 6.34. The van der Waals surface area contributed by atoms with Crippen LogP contribution in [0.1, 0.15) is 17.9 Å². The lowest BCUT2D eigenvalue weighted by Gasteiger charge is -2.26. The van der Waals surface area contributed by atoms with Gasteiger partial charge in [-0.1, -0.05) is 18.2 Å². The number of fused-ring (bicyclic) bond motifs is 1. The van der Waals surface area contributed by atoms with Gasteiger partial charge in [0.15, 0.2) is 0 Å². The molecular weight excluding hydrogens is 212 g/mol. The number of para-hydroxylation sites is 1. The number of hydrogen-bond acceptors (Lipinski definition) is 3. The lowest BCUT2D eigenvalue weighted by Crippen LogP contribution is -2.31. The van der Waals surface area contributed by atoms with Gasteiger partial charge in [0.25, 0.3) is 0 Å². The maximum atomic E-state index is 5.66. The van der Waals surface area contributed by atoms with Gasteiger partial charge < -0.3 is 15.0 Å². The Labute approximate surface area is 104 Å². The molecule has 0 radical (unpaired) electrons. The first kappa shape index (κ1) is 12.4. The fourth-order valence-electron chi connectivity index (χ4n) is 2.21. The Morgan fingerprint density at radius 1 is 1.35 bits per heavy atom. The molecule has 1 heterocycles. The van der Waals surface area contributed by atoms with E-state index >= 15 is 0 Å². The summed E-state index contributed by atoms with van der Waals surface area (Å²) in [6.45, 7) is 4.03. The number of hydrogen-bond donors (Lipinski definition) is 1. The second-order valence-corrected chi connectivity index (χ2v) is 4.88. The molecule has 0 aliphatic carbocycles. The number of rotatable bonds is 5. The van der Waals surface area contributed by atoms with Crippen molar-refractivity contribution in [2.45, 2.75) is 12.3 Å². The van der Waals surface area contributed by atoms with Gasteiger partial charge in [0, 0.05) is 25.6 Å². The average Bonchev–Trinajstić information content (AvgIpc) is 2.34. The Morgan fingerprint density at radius 3 is 3.00 bits per heavy atom. The Bertz CT molecular complexity index is 352. The number of benzene rings is 1. The van der Waals surface area contributed by atoms with E-state index in [1.807, 2.05) is 6.07 Å². The van der Waals surface area contributed by atoms with Crippen LogP contribution in [0.3, 0.4) is 0 Å². The van der Waals surface area contributed by atoms with Gasteiger partial charge in [-0.3, -0.25) is 0 Å². The van der Waals surface area contributed by atoms with Crippen molar-refractivity contribution in [3.8, 4) is 5.75 Å². The van der Waals surface area contributed by atoms with E-state index in [4.69, 9.17) is 4.74 Å². The molecule has 3 nitrogen and oxygen atoms in total. The summed E-state index contributed by atoms with van der Waals surface area (Å²) in [4.78, 5) is 2.20. The molecule has 1 N–H and O–H groups in total. The van der Waals surface area contributed by atoms with Crippen molar-refractivity contribution in [2.24, 2.45) is 0 Å². The van der Waals surface area contributed by atoms with Gasteiger partial charge in [-0.25, -0.2) is 0 Å². The largest absolute Gasteiger partial charge is 0.493 e. The summed E-state index contributed by atoms with van der Waals surface area (Å²) < 4.78 is 5.66. The summed E-state index contributed by atoms with van der Waals surface area (Å²) in [5.41, 5.74) is 1.36. The highest BCUT2D eigenvalue weighted by molar-refractivity contribution is 5.37. The summed E-state index contributed by atoms with van der Waals surface area (Å²) >= 11 is 0. The Hall–Kier alpha value is -1.06. The van der Waals surface area contributed by atoms with Crippen LogP contribution in [0.4, 0.5) is 0 Å². The van der Waals surface area contributed by atoms with Crippen LogP contribution in [0.15, 0.2) is 24.3 Å². The molecule has 94 valence electrons. The second-order valence-electron chi connectivity index (χ2n) is 4.88. The molecular formula is C14H22N2O. The topological polar surface area (TPSA) is 24.5 Å². The molecule has 0 bridgehead atoms. The molecule has 0 amide bonds. The lowest BCUT2D eigenvalue weighted by atomic mass is 9.93. The van der Waals surface area contributed by atoms with Crippen LogP contribution >= 0.6 is 0 Å². The zero-order valence-corrected chi connectivity index (χ0v) is 10.8. The molecule has 0 saturated heterocycles. The maximum absolute atomic E-state index is 5.66. The van der Waals surface area contributed by atoms with Crippen molar-refractivity contribution >= 4 is 0 Å². The first-order chi connectivity index (χ1) is 8.27. The van der Waals surface area contributed by atoms with Crippen molar-refractivity contribution in [1.82, 2.24) is 10.2 Å². The van der Waals surface area contributed by atoms with Crippen LogP contribution in [0.5, 0.6) is 5.75 Å². The molecule has 1 aliphatic heterocycles. The Balaban J connectivity index is 1.86. The predicted octanol–water partition coefficient (Wildman–Crippen LogP) is 1.70. The van der Waals surface area contributed by atoms with Crippen LogP contribution in [-0.4, -0.2) is 45.2 Å².